The van der Waals surface area contributed by atoms with Crippen molar-refractivity contribution in [2.24, 2.45) is 0 Å². The van der Waals surface area contributed by atoms with E-state index >= 15 is 0 Å². The van der Waals surface area contributed by atoms with E-state index in [-0.39, 0.29) is 11.9 Å². The van der Waals surface area contributed by atoms with Crippen LogP contribution in [0.25, 0.3) is 0 Å². The molecule has 2 rings (SSSR count). The summed E-state index contributed by atoms with van der Waals surface area (Å²) in [7, 11) is 0. The van der Waals surface area contributed by atoms with Gasteiger partial charge in [-0.15, -0.1) is 11.8 Å². The van der Waals surface area contributed by atoms with Gasteiger partial charge in [0.05, 0.1) is 6.04 Å². The molecule has 0 aromatic heterocycles. The highest BCUT2D eigenvalue weighted by atomic mass is 32.2. The lowest BCUT2D eigenvalue weighted by atomic mass is 10.1. The zero-order valence-electron chi connectivity index (χ0n) is 9.54. The lowest BCUT2D eigenvalue weighted by Gasteiger charge is -2.13. The van der Waals surface area contributed by atoms with Crippen LogP contribution in [0.2, 0.25) is 0 Å². The van der Waals surface area contributed by atoms with E-state index < -0.39 is 0 Å². The van der Waals surface area contributed by atoms with Crippen LogP contribution in [0, 0.1) is 13.8 Å². The summed E-state index contributed by atoms with van der Waals surface area (Å²) < 4.78 is 0. The maximum atomic E-state index is 11.9. The zero-order chi connectivity index (χ0) is 11.5. The molecule has 0 radical (unpaired) electrons. The highest BCUT2D eigenvalue weighted by Crippen LogP contribution is 2.19. The van der Waals surface area contributed by atoms with Crippen LogP contribution in [0.15, 0.2) is 18.2 Å². The molecule has 4 heteroatoms. The first-order valence-electron chi connectivity index (χ1n) is 5.36. The van der Waals surface area contributed by atoms with Crippen LogP contribution in [0.4, 0.5) is 5.69 Å². The second-order valence-corrected chi connectivity index (χ2v) is 5.04. The summed E-state index contributed by atoms with van der Waals surface area (Å²) in [5, 5.41) is 6.14. The van der Waals surface area contributed by atoms with Crippen molar-refractivity contribution in [3.05, 3.63) is 29.3 Å². The number of rotatable bonds is 2. The molecule has 1 heterocycles. The standard InChI is InChI=1S/C12H16N2OS/c1-8-4-3-5-10(9(8)2)14-12(15)11-6-16-7-13-11/h3-5,11,13H,6-7H2,1-2H3,(H,14,15)/t11-/m1/s1. The predicted molar refractivity (Wildman–Crippen MR) is 68.8 cm³/mol. The number of hydrogen-bond acceptors (Lipinski definition) is 3. The van der Waals surface area contributed by atoms with Gasteiger partial charge in [-0.05, 0) is 31.0 Å². The van der Waals surface area contributed by atoms with E-state index in [1.165, 1.54) is 5.56 Å². The third-order valence-corrected chi connectivity index (χ3v) is 3.84. The number of thioether (sulfide) groups is 1. The van der Waals surface area contributed by atoms with E-state index in [0.717, 1.165) is 22.9 Å². The predicted octanol–water partition coefficient (Wildman–Crippen LogP) is 1.90. The molecule has 3 nitrogen and oxygen atoms in total. The van der Waals surface area contributed by atoms with Crippen LogP contribution < -0.4 is 10.6 Å². The van der Waals surface area contributed by atoms with Gasteiger partial charge in [0.15, 0.2) is 0 Å². The SMILES string of the molecule is Cc1cccc(NC(=O)[C@H]2CSCN2)c1C. The normalized spacial score (nSPS) is 19.8. The lowest BCUT2D eigenvalue weighted by molar-refractivity contribution is -0.117. The molecule has 1 aliphatic rings. The average molecular weight is 236 g/mol. The largest absolute Gasteiger partial charge is 0.324 e. The van der Waals surface area contributed by atoms with Gasteiger partial charge in [-0.2, -0.15) is 0 Å². The smallest absolute Gasteiger partial charge is 0.242 e. The molecule has 1 amide bonds. The van der Waals surface area contributed by atoms with Crippen LogP contribution in [-0.4, -0.2) is 23.6 Å². The fraction of sp³-hybridized carbons (Fsp3) is 0.417. The summed E-state index contributed by atoms with van der Waals surface area (Å²) in [5.74, 6) is 1.79. The molecule has 16 heavy (non-hydrogen) atoms. The van der Waals surface area contributed by atoms with Crippen molar-refractivity contribution in [2.75, 3.05) is 16.9 Å². The Labute approximate surface area is 100.0 Å². The molecular weight excluding hydrogens is 220 g/mol. The second-order valence-electron chi connectivity index (χ2n) is 4.01. The first-order valence-corrected chi connectivity index (χ1v) is 6.52. The highest BCUT2D eigenvalue weighted by molar-refractivity contribution is 7.99. The van der Waals surface area contributed by atoms with Crippen molar-refractivity contribution in [1.29, 1.82) is 0 Å². The van der Waals surface area contributed by atoms with E-state index in [9.17, 15) is 4.79 Å². The maximum absolute atomic E-state index is 11.9. The van der Waals surface area contributed by atoms with Crippen molar-refractivity contribution >= 4 is 23.4 Å². The molecule has 86 valence electrons. The molecule has 2 N–H and O–H groups in total. The van der Waals surface area contributed by atoms with E-state index in [1.807, 2.05) is 19.1 Å². The van der Waals surface area contributed by atoms with Gasteiger partial charge in [0.25, 0.3) is 0 Å². The molecule has 1 aromatic rings. The maximum Gasteiger partial charge on any atom is 0.242 e. The minimum absolute atomic E-state index is 0.0510. The Hall–Kier alpha value is -1.00. The third-order valence-electron chi connectivity index (χ3n) is 2.90. The van der Waals surface area contributed by atoms with Crippen molar-refractivity contribution in [2.45, 2.75) is 19.9 Å². The Bertz CT molecular complexity index is 400. The van der Waals surface area contributed by atoms with Gasteiger partial charge < -0.3 is 5.32 Å². The quantitative estimate of drug-likeness (QED) is 0.824. The van der Waals surface area contributed by atoms with Crippen LogP contribution in [0.1, 0.15) is 11.1 Å². The van der Waals surface area contributed by atoms with Gasteiger partial charge in [-0.1, -0.05) is 12.1 Å². The molecule has 0 saturated carbocycles. The van der Waals surface area contributed by atoms with Gasteiger partial charge in [0, 0.05) is 17.3 Å². The van der Waals surface area contributed by atoms with E-state index in [2.05, 4.69) is 23.6 Å². The van der Waals surface area contributed by atoms with Crippen LogP contribution in [0.3, 0.4) is 0 Å². The molecule has 1 saturated heterocycles. The van der Waals surface area contributed by atoms with Crippen molar-refractivity contribution in [3.63, 3.8) is 0 Å². The van der Waals surface area contributed by atoms with Crippen LogP contribution in [-0.2, 0) is 4.79 Å². The summed E-state index contributed by atoms with van der Waals surface area (Å²) >= 11 is 1.76. The number of nitrogens with one attached hydrogen (secondary N) is 2. The summed E-state index contributed by atoms with van der Waals surface area (Å²) in [6, 6.07) is 5.91. The van der Waals surface area contributed by atoms with Gasteiger partial charge in [-0.25, -0.2) is 0 Å². The van der Waals surface area contributed by atoms with E-state index in [1.54, 1.807) is 11.8 Å². The minimum atomic E-state index is -0.0510. The summed E-state index contributed by atoms with van der Waals surface area (Å²) in [6.07, 6.45) is 0. The molecule has 0 unspecified atom stereocenters. The number of amides is 1. The lowest BCUT2D eigenvalue weighted by Crippen LogP contribution is -2.37. The highest BCUT2D eigenvalue weighted by Gasteiger charge is 2.22. The molecule has 0 bridgehead atoms. The monoisotopic (exact) mass is 236 g/mol. The first-order chi connectivity index (χ1) is 7.68. The first kappa shape index (κ1) is 11.5. The fourth-order valence-electron chi connectivity index (χ4n) is 1.67. The number of anilines is 1. The van der Waals surface area contributed by atoms with Gasteiger partial charge in [0.2, 0.25) is 5.91 Å². The van der Waals surface area contributed by atoms with Crippen molar-refractivity contribution < 1.29 is 4.79 Å². The Kier molecular flexibility index (Phi) is 3.51. The molecule has 1 aromatic carbocycles. The van der Waals surface area contributed by atoms with Gasteiger partial charge in [-0.3, -0.25) is 10.1 Å². The molecule has 1 fully saturated rings. The average Bonchev–Trinajstić information content (AvgIpc) is 2.78. The minimum Gasteiger partial charge on any atom is -0.324 e. The van der Waals surface area contributed by atoms with E-state index in [0.29, 0.717) is 0 Å². The summed E-state index contributed by atoms with van der Waals surface area (Å²) in [4.78, 5) is 11.9. The Morgan fingerprint density at radius 1 is 1.50 bits per heavy atom. The zero-order valence-corrected chi connectivity index (χ0v) is 10.4. The topological polar surface area (TPSA) is 41.1 Å². The molecule has 0 aliphatic carbocycles. The number of carbonyl (C=O) groups excluding carboxylic acids is 1. The third kappa shape index (κ3) is 2.39. The molecule has 1 aliphatic heterocycles. The summed E-state index contributed by atoms with van der Waals surface area (Å²) in [5.41, 5.74) is 3.26. The fourth-order valence-corrected chi connectivity index (χ4v) is 2.61. The summed E-state index contributed by atoms with van der Waals surface area (Å²) in [6.45, 7) is 4.08. The Morgan fingerprint density at radius 3 is 3.00 bits per heavy atom. The van der Waals surface area contributed by atoms with Crippen molar-refractivity contribution in [3.8, 4) is 0 Å². The Morgan fingerprint density at radius 2 is 2.31 bits per heavy atom. The number of benzene rings is 1. The number of hydrogen-bond donors (Lipinski definition) is 2. The number of carbonyl (C=O) groups is 1. The van der Waals surface area contributed by atoms with Gasteiger partial charge in [0.1, 0.15) is 0 Å². The van der Waals surface area contributed by atoms with E-state index in [4.69, 9.17) is 0 Å². The number of aryl methyl sites for hydroxylation is 1. The molecular formula is C12H16N2OS. The van der Waals surface area contributed by atoms with Crippen molar-refractivity contribution in [1.82, 2.24) is 5.32 Å². The van der Waals surface area contributed by atoms with Crippen LogP contribution >= 0.6 is 11.8 Å². The van der Waals surface area contributed by atoms with Crippen LogP contribution in [0.5, 0.6) is 0 Å². The molecule has 1 atom stereocenters. The van der Waals surface area contributed by atoms with Gasteiger partial charge >= 0.3 is 0 Å². The Balaban J connectivity index is 2.08. The molecule has 0 spiro atoms. The second kappa shape index (κ2) is 4.89.